The van der Waals surface area contributed by atoms with Gasteiger partial charge in [0.25, 0.3) is 5.91 Å². The van der Waals surface area contributed by atoms with Crippen molar-refractivity contribution in [2.24, 2.45) is 0 Å². The van der Waals surface area contributed by atoms with Crippen LogP contribution in [0.4, 0.5) is 0 Å². The van der Waals surface area contributed by atoms with Gasteiger partial charge in [-0.15, -0.1) is 0 Å². The summed E-state index contributed by atoms with van der Waals surface area (Å²) in [5, 5.41) is 0. The molecule has 3 atom stereocenters. The van der Waals surface area contributed by atoms with Crippen molar-refractivity contribution in [2.75, 3.05) is 19.6 Å². The largest absolute Gasteiger partial charge is 0.481 e. The average Bonchev–Trinajstić information content (AvgIpc) is 3.51. The van der Waals surface area contributed by atoms with Crippen LogP contribution in [0.25, 0.3) is 11.0 Å². The van der Waals surface area contributed by atoms with Crippen molar-refractivity contribution in [1.29, 1.82) is 0 Å². The van der Waals surface area contributed by atoms with Gasteiger partial charge in [-0.3, -0.25) is 9.69 Å². The number of amides is 1. The van der Waals surface area contributed by atoms with Crippen LogP contribution >= 0.6 is 0 Å². The van der Waals surface area contributed by atoms with Crippen LogP contribution in [0, 0.1) is 6.92 Å². The number of benzene rings is 3. The van der Waals surface area contributed by atoms with Crippen molar-refractivity contribution in [3.05, 3.63) is 96.3 Å². The molecule has 3 aliphatic heterocycles. The van der Waals surface area contributed by atoms with Crippen LogP contribution in [-0.4, -0.2) is 63.1 Å². The number of rotatable bonds is 8. The number of aryl methyl sites for hydroxylation is 1. The van der Waals surface area contributed by atoms with E-state index in [1.165, 1.54) is 36.8 Å². The highest BCUT2D eigenvalue weighted by atomic mass is 16.5. The Labute approximate surface area is 255 Å². The Balaban J connectivity index is 1.03. The molecule has 0 spiro atoms. The molecular weight excluding hydrogens is 532 g/mol. The number of piperidine rings is 2. The summed E-state index contributed by atoms with van der Waals surface area (Å²) in [6.45, 7) is 6.73. The summed E-state index contributed by atoms with van der Waals surface area (Å²) in [6, 6.07) is 31.2. The predicted molar refractivity (Wildman–Crippen MR) is 171 cm³/mol. The van der Waals surface area contributed by atoms with E-state index in [-0.39, 0.29) is 11.3 Å². The van der Waals surface area contributed by atoms with E-state index in [0.717, 1.165) is 56.0 Å². The van der Waals surface area contributed by atoms with Crippen LogP contribution in [-0.2, 0) is 10.2 Å². The summed E-state index contributed by atoms with van der Waals surface area (Å²) in [4.78, 5) is 23.1. The number of nitrogens with zero attached hydrogens (tertiary/aromatic N) is 4. The van der Waals surface area contributed by atoms with Crippen LogP contribution in [0.2, 0.25) is 0 Å². The fourth-order valence-corrected chi connectivity index (χ4v) is 8.43. The maximum Gasteiger partial charge on any atom is 0.263 e. The highest BCUT2D eigenvalue weighted by molar-refractivity contribution is 5.81. The molecule has 0 saturated carbocycles. The first-order valence-electron chi connectivity index (χ1n) is 16.3. The summed E-state index contributed by atoms with van der Waals surface area (Å²) in [5.74, 6) is 1.98. The Morgan fingerprint density at radius 2 is 1.51 bits per heavy atom. The molecule has 224 valence electrons. The van der Waals surface area contributed by atoms with Crippen LogP contribution in [0.15, 0.2) is 84.9 Å². The highest BCUT2D eigenvalue weighted by Gasteiger charge is 2.44. The zero-order valence-corrected chi connectivity index (χ0v) is 25.6. The van der Waals surface area contributed by atoms with Crippen LogP contribution in [0.5, 0.6) is 5.75 Å². The van der Waals surface area contributed by atoms with Gasteiger partial charge in [0.05, 0.1) is 11.0 Å². The first-order chi connectivity index (χ1) is 21.0. The maximum atomic E-state index is 13.4. The molecule has 6 heteroatoms. The summed E-state index contributed by atoms with van der Waals surface area (Å²) in [7, 11) is 0. The van der Waals surface area contributed by atoms with Gasteiger partial charge in [-0.1, -0.05) is 60.7 Å². The Bertz CT molecular complexity index is 1530. The minimum Gasteiger partial charge on any atom is -0.481 e. The summed E-state index contributed by atoms with van der Waals surface area (Å²) >= 11 is 0. The predicted octanol–water partition coefficient (Wildman–Crippen LogP) is 6.93. The summed E-state index contributed by atoms with van der Waals surface area (Å²) in [5.41, 5.74) is 3.92. The summed E-state index contributed by atoms with van der Waals surface area (Å²) in [6.07, 6.45) is 7.65. The van der Waals surface area contributed by atoms with Gasteiger partial charge in [-0.05, 0) is 101 Å². The highest BCUT2D eigenvalue weighted by Crippen LogP contribution is 2.45. The van der Waals surface area contributed by atoms with Crippen molar-refractivity contribution < 1.29 is 9.53 Å². The normalized spacial score (nSPS) is 24.2. The van der Waals surface area contributed by atoms with E-state index >= 15 is 0 Å². The monoisotopic (exact) mass is 576 g/mol. The number of aromatic nitrogens is 2. The molecule has 6 nitrogen and oxygen atoms in total. The van der Waals surface area contributed by atoms with Gasteiger partial charge in [0, 0.05) is 31.2 Å². The van der Waals surface area contributed by atoms with Crippen LogP contribution < -0.4 is 4.74 Å². The lowest BCUT2D eigenvalue weighted by atomic mass is 9.70. The number of para-hydroxylation sites is 3. The number of imidazole rings is 1. The second-order valence-electron chi connectivity index (χ2n) is 13.1. The molecule has 4 aromatic rings. The van der Waals surface area contributed by atoms with E-state index in [1.807, 2.05) is 42.2 Å². The average molecular weight is 577 g/mol. The molecule has 43 heavy (non-hydrogen) atoms. The molecular formula is C37H44N4O2. The van der Waals surface area contributed by atoms with Crippen molar-refractivity contribution in [3.8, 4) is 5.75 Å². The number of carbonyl (C=O) groups is 1. The molecule has 1 aromatic heterocycles. The van der Waals surface area contributed by atoms with Crippen LogP contribution in [0.3, 0.4) is 0 Å². The number of carbonyl (C=O) groups excluding carboxylic acids is 1. The third-order valence-corrected chi connectivity index (χ3v) is 10.7. The number of fused-ring (bicyclic) bond motifs is 3. The van der Waals surface area contributed by atoms with Gasteiger partial charge in [0.1, 0.15) is 11.6 Å². The quantitative estimate of drug-likeness (QED) is 0.228. The van der Waals surface area contributed by atoms with E-state index in [0.29, 0.717) is 18.1 Å². The fourth-order valence-electron chi connectivity index (χ4n) is 8.43. The molecule has 2 bridgehead atoms. The third-order valence-electron chi connectivity index (χ3n) is 10.7. The van der Waals surface area contributed by atoms with E-state index in [4.69, 9.17) is 9.72 Å². The van der Waals surface area contributed by atoms with Gasteiger partial charge >= 0.3 is 0 Å². The van der Waals surface area contributed by atoms with Crippen molar-refractivity contribution in [3.63, 3.8) is 0 Å². The van der Waals surface area contributed by atoms with Gasteiger partial charge in [0.15, 0.2) is 6.10 Å². The van der Waals surface area contributed by atoms with Crippen LogP contribution in [0.1, 0.15) is 69.3 Å². The second-order valence-corrected chi connectivity index (χ2v) is 13.1. The zero-order valence-electron chi connectivity index (χ0n) is 25.6. The van der Waals surface area contributed by atoms with Gasteiger partial charge < -0.3 is 14.2 Å². The molecule has 1 amide bonds. The first-order valence-corrected chi connectivity index (χ1v) is 16.3. The second kappa shape index (κ2) is 11.8. The number of hydrogen-bond acceptors (Lipinski definition) is 4. The zero-order chi connectivity index (χ0) is 29.4. The minimum absolute atomic E-state index is 0.0907. The molecule has 0 aliphatic carbocycles. The molecule has 3 saturated heterocycles. The molecule has 3 fully saturated rings. The molecule has 0 radical (unpaired) electrons. The first kappa shape index (κ1) is 28.1. The van der Waals surface area contributed by atoms with Gasteiger partial charge in [-0.2, -0.15) is 0 Å². The molecule has 7 rings (SSSR count). The lowest BCUT2D eigenvalue weighted by Gasteiger charge is -2.46. The van der Waals surface area contributed by atoms with Crippen molar-refractivity contribution in [1.82, 2.24) is 19.4 Å². The number of ether oxygens (including phenoxy) is 1. The SMILES string of the molecule is Cc1nc2ccccc2n1C1CC2CCC(C1)N2CCC1(c2ccccc2)CCN(C(=O)C(C)Oc2ccccc2)CC1. The lowest BCUT2D eigenvalue weighted by molar-refractivity contribution is -0.139. The Morgan fingerprint density at radius 1 is 0.884 bits per heavy atom. The van der Waals surface area contributed by atoms with E-state index in [2.05, 4.69) is 71.0 Å². The molecule has 4 heterocycles. The maximum absolute atomic E-state index is 13.4. The lowest BCUT2D eigenvalue weighted by Crippen LogP contribution is -2.51. The number of likely N-dealkylation sites (tertiary alicyclic amines) is 1. The third kappa shape index (κ3) is 5.46. The van der Waals surface area contributed by atoms with E-state index in [1.54, 1.807) is 0 Å². The van der Waals surface area contributed by atoms with Crippen molar-refractivity contribution >= 4 is 16.9 Å². The van der Waals surface area contributed by atoms with E-state index in [9.17, 15) is 4.79 Å². The molecule has 3 aromatic carbocycles. The Hall–Kier alpha value is -3.64. The van der Waals surface area contributed by atoms with Crippen molar-refractivity contribution in [2.45, 2.75) is 88.4 Å². The summed E-state index contributed by atoms with van der Waals surface area (Å²) < 4.78 is 8.51. The molecule has 3 unspecified atom stereocenters. The molecule has 0 N–H and O–H groups in total. The Morgan fingerprint density at radius 3 is 2.21 bits per heavy atom. The Kier molecular flexibility index (Phi) is 7.72. The standard InChI is InChI=1S/C37H44N4O2/c1-27(43-33-13-7-4-8-14-33)36(42)39-22-19-37(20-23-39,29-11-5-3-6-12-29)21-24-40-30-17-18-31(40)26-32(25-30)41-28(2)38-34-15-9-10-16-35(34)41/h3-16,27,30-32H,17-26H2,1-2H3. The fraction of sp³-hybridized carbons (Fsp3) is 0.459. The molecule has 3 aliphatic rings. The van der Waals surface area contributed by atoms with Gasteiger partial charge in [-0.25, -0.2) is 4.98 Å². The topological polar surface area (TPSA) is 50.6 Å². The van der Waals surface area contributed by atoms with Gasteiger partial charge in [0.2, 0.25) is 0 Å². The van der Waals surface area contributed by atoms with E-state index < -0.39 is 6.10 Å². The minimum atomic E-state index is -0.486. The smallest absolute Gasteiger partial charge is 0.263 e. The number of hydrogen-bond donors (Lipinski definition) is 0.